The van der Waals surface area contributed by atoms with E-state index in [0.717, 1.165) is 19.4 Å². The first-order valence-electron chi connectivity index (χ1n) is 4.46. The van der Waals surface area contributed by atoms with Crippen molar-refractivity contribution in [3.8, 4) is 11.8 Å². The molecule has 4 nitrogen and oxygen atoms in total. The largest absolute Gasteiger partial charge is 0.293 e. The van der Waals surface area contributed by atoms with Crippen molar-refractivity contribution >= 4 is 0 Å². The molecule has 1 rings (SSSR count). The first-order chi connectivity index (χ1) is 6.29. The van der Waals surface area contributed by atoms with E-state index in [2.05, 4.69) is 26.8 Å². The van der Waals surface area contributed by atoms with E-state index in [0.29, 0.717) is 0 Å². The average molecular weight is 178 g/mol. The number of hydrogen-bond donors (Lipinski definition) is 0. The molecule has 0 saturated carbocycles. The summed E-state index contributed by atoms with van der Waals surface area (Å²) in [4.78, 5) is 5.01. The second kappa shape index (κ2) is 4.76. The van der Waals surface area contributed by atoms with Gasteiger partial charge in [-0.25, -0.2) is 0 Å². The topological polar surface area (TPSA) is 52.0 Å². The molecule has 4 heteroatoms. The van der Waals surface area contributed by atoms with E-state index >= 15 is 0 Å². The van der Waals surface area contributed by atoms with E-state index in [9.17, 15) is 0 Å². The van der Waals surface area contributed by atoms with Gasteiger partial charge >= 0.3 is 0 Å². The smallest absolute Gasteiger partial charge is 0.0797 e. The molecule has 1 aliphatic heterocycles. The Bertz CT molecular complexity index is 269. The number of azide groups is 1. The summed E-state index contributed by atoms with van der Waals surface area (Å²) in [6, 6.07) is 0.130. The van der Waals surface area contributed by atoms with E-state index in [-0.39, 0.29) is 12.1 Å². The van der Waals surface area contributed by atoms with Gasteiger partial charge in [0.2, 0.25) is 0 Å². The van der Waals surface area contributed by atoms with Crippen molar-refractivity contribution in [2.24, 2.45) is 5.11 Å². The van der Waals surface area contributed by atoms with Crippen LogP contribution in [0, 0.1) is 11.8 Å². The van der Waals surface area contributed by atoms with Gasteiger partial charge in [-0.1, -0.05) is 11.0 Å². The van der Waals surface area contributed by atoms with Crippen molar-refractivity contribution in [1.82, 2.24) is 4.90 Å². The lowest BCUT2D eigenvalue weighted by molar-refractivity contribution is 0.204. The molecule has 13 heavy (non-hydrogen) atoms. The zero-order valence-corrected chi connectivity index (χ0v) is 8.06. The third-order valence-electron chi connectivity index (χ3n) is 2.34. The van der Waals surface area contributed by atoms with Crippen molar-refractivity contribution in [2.45, 2.75) is 31.8 Å². The molecule has 0 radical (unpaired) electrons. The number of rotatable bonds is 1. The lowest BCUT2D eigenvalue weighted by Gasteiger charge is -2.33. The predicted molar refractivity (Wildman–Crippen MR) is 52.0 cm³/mol. The molecule has 1 heterocycles. The number of nitrogens with zero attached hydrogens (tertiary/aromatic N) is 4. The van der Waals surface area contributed by atoms with Crippen LogP contribution in [0.25, 0.3) is 10.4 Å². The molecule has 0 aliphatic carbocycles. The van der Waals surface area contributed by atoms with Gasteiger partial charge in [0, 0.05) is 4.91 Å². The molecular formula is C9H14N4. The monoisotopic (exact) mass is 178 g/mol. The highest BCUT2D eigenvalue weighted by molar-refractivity contribution is 5.11. The second-order valence-corrected chi connectivity index (χ2v) is 3.23. The van der Waals surface area contributed by atoms with Gasteiger partial charge in [0.25, 0.3) is 0 Å². The zero-order chi connectivity index (χ0) is 9.68. The molecule has 2 unspecified atom stereocenters. The highest BCUT2D eigenvalue weighted by Crippen LogP contribution is 2.18. The van der Waals surface area contributed by atoms with Gasteiger partial charge in [0.1, 0.15) is 0 Å². The minimum absolute atomic E-state index is 0.0243. The van der Waals surface area contributed by atoms with E-state index < -0.39 is 0 Å². The highest BCUT2D eigenvalue weighted by atomic mass is 15.2. The second-order valence-electron chi connectivity index (χ2n) is 3.23. The van der Waals surface area contributed by atoms with Gasteiger partial charge in [-0.15, -0.1) is 5.92 Å². The van der Waals surface area contributed by atoms with Gasteiger partial charge in [-0.3, -0.25) is 4.90 Å². The summed E-state index contributed by atoms with van der Waals surface area (Å²) in [6.45, 7) is 2.85. The number of likely N-dealkylation sites (tertiary alicyclic amines) is 1. The Hall–Kier alpha value is -1.17. The lowest BCUT2D eigenvalue weighted by Crippen LogP contribution is -2.44. The average Bonchev–Trinajstić information content (AvgIpc) is 2.11. The van der Waals surface area contributed by atoms with Crippen LogP contribution in [0.4, 0.5) is 0 Å². The molecule has 0 aromatic heterocycles. The highest BCUT2D eigenvalue weighted by Gasteiger charge is 2.26. The zero-order valence-electron chi connectivity index (χ0n) is 8.06. The van der Waals surface area contributed by atoms with E-state index in [1.807, 2.05) is 14.0 Å². The number of piperidine rings is 1. The fourth-order valence-corrected chi connectivity index (χ4v) is 1.68. The molecule has 0 bridgehead atoms. The van der Waals surface area contributed by atoms with Gasteiger partial charge < -0.3 is 0 Å². The van der Waals surface area contributed by atoms with Crippen LogP contribution in [-0.2, 0) is 0 Å². The molecule has 0 aromatic carbocycles. The lowest BCUT2D eigenvalue weighted by atomic mass is 9.98. The van der Waals surface area contributed by atoms with Gasteiger partial charge in [-0.2, -0.15) is 0 Å². The SMILES string of the molecule is CC#CC1C(N=[N+]=[N-])CCCN1C. The summed E-state index contributed by atoms with van der Waals surface area (Å²) in [5.41, 5.74) is 8.38. The summed E-state index contributed by atoms with van der Waals surface area (Å²) in [7, 11) is 2.02. The van der Waals surface area contributed by atoms with Gasteiger partial charge in [0.15, 0.2) is 0 Å². The molecule has 0 N–H and O–H groups in total. The molecule has 70 valence electrons. The maximum absolute atomic E-state index is 8.38. The third kappa shape index (κ3) is 2.38. The Morgan fingerprint density at radius 2 is 2.38 bits per heavy atom. The Morgan fingerprint density at radius 3 is 3.00 bits per heavy atom. The molecule has 0 amide bonds. The molecule has 2 atom stereocenters. The fourth-order valence-electron chi connectivity index (χ4n) is 1.68. The molecule has 1 saturated heterocycles. The van der Waals surface area contributed by atoms with Crippen LogP contribution in [0.3, 0.4) is 0 Å². The van der Waals surface area contributed by atoms with Gasteiger partial charge in [0.05, 0.1) is 12.1 Å². The first kappa shape index (κ1) is 9.91. The Labute approximate surface area is 78.5 Å². The van der Waals surface area contributed by atoms with E-state index in [4.69, 9.17) is 5.53 Å². The van der Waals surface area contributed by atoms with E-state index in [1.54, 1.807) is 0 Å². The maximum Gasteiger partial charge on any atom is 0.0797 e. The molecular weight excluding hydrogens is 164 g/mol. The first-order valence-corrected chi connectivity index (χ1v) is 4.46. The number of hydrogen-bond acceptors (Lipinski definition) is 2. The minimum Gasteiger partial charge on any atom is -0.293 e. The van der Waals surface area contributed by atoms with Crippen molar-refractivity contribution < 1.29 is 0 Å². The molecule has 1 fully saturated rings. The number of likely N-dealkylation sites (N-methyl/N-ethyl adjacent to an activating group) is 1. The third-order valence-corrected chi connectivity index (χ3v) is 2.34. The summed E-state index contributed by atoms with van der Waals surface area (Å²) < 4.78 is 0. The minimum atomic E-state index is 0.0243. The van der Waals surface area contributed by atoms with Crippen LogP contribution in [0.15, 0.2) is 5.11 Å². The van der Waals surface area contributed by atoms with E-state index in [1.165, 1.54) is 0 Å². The predicted octanol–water partition coefficient (Wildman–Crippen LogP) is 1.78. The fraction of sp³-hybridized carbons (Fsp3) is 0.778. The Morgan fingerprint density at radius 1 is 1.62 bits per heavy atom. The Balaban J connectivity index is 2.77. The normalized spacial score (nSPS) is 28.5. The molecule has 0 spiro atoms. The molecule has 1 aliphatic rings. The summed E-state index contributed by atoms with van der Waals surface area (Å²) in [5.74, 6) is 5.96. The van der Waals surface area contributed by atoms with Crippen molar-refractivity contribution in [1.29, 1.82) is 0 Å². The summed E-state index contributed by atoms with van der Waals surface area (Å²) >= 11 is 0. The van der Waals surface area contributed by atoms with Crippen LogP contribution >= 0.6 is 0 Å². The summed E-state index contributed by atoms with van der Waals surface area (Å²) in [6.07, 6.45) is 2.04. The van der Waals surface area contributed by atoms with Crippen molar-refractivity contribution in [2.75, 3.05) is 13.6 Å². The summed E-state index contributed by atoms with van der Waals surface area (Å²) in [5, 5.41) is 3.77. The van der Waals surface area contributed by atoms with Crippen LogP contribution in [-0.4, -0.2) is 30.6 Å². The van der Waals surface area contributed by atoms with Crippen molar-refractivity contribution in [3.05, 3.63) is 10.4 Å². The van der Waals surface area contributed by atoms with Crippen LogP contribution < -0.4 is 0 Å². The van der Waals surface area contributed by atoms with Crippen molar-refractivity contribution in [3.63, 3.8) is 0 Å². The standard InChI is InChI=1S/C9H14N4/c1-3-5-9-8(11-12-10)6-4-7-13(9)2/h8-9H,4,6-7H2,1-2H3. The Kier molecular flexibility index (Phi) is 3.63. The quantitative estimate of drug-likeness (QED) is 0.261. The van der Waals surface area contributed by atoms with Gasteiger partial charge in [-0.05, 0) is 38.9 Å². The maximum atomic E-state index is 8.38. The van der Waals surface area contributed by atoms with Crippen LogP contribution in [0.5, 0.6) is 0 Å². The van der Waals surface area contributed by atoms with Crippen LogP contribution in [0.2, 0.25) is 0 Å². The molecule has 0 aromatic rings. The van der Waals surface area contributed by atoms with Crippen LogP contribution in [0.1, 0.15) is 19.8 Å².